The lowest BCUT2D eigenvalue weighted by Gasteiger charge is -2.15. The van der Waals surface area contributed by atoms with Crippen molar-refractivity contribution in [2.24, 2.45) is 0 Å². The normalized spacial score (nSPS) is 13.2. The second-order valence-corrected chi connectivity index (χ2v) is 10.9. The molecule has 3 aromatic rings. The van der Waals surface area contributed by atoms with Crippen LogP contribution in [-0.2, 0) is 10.0 Å². The van der Waals surface area contributed by atoms with Crippen molar-refractivity contribution in [1.29, 1.82) is 0 Å². The molecule has 36 heavy (non-hydrogen) atoms. The van der Waals surface area contributed by atoms with Crippen LogP contribution in [0.5, 0.6) is 5.75 Å². The molecule has 186 valence electrons. The van der Waals surface area contributed by atoms with Crippen molar-refractivity contribution in [1.82, 2.24) is 4.31 Å². The van der Waals surface area contributed by atoms with Crippen LogP contribution in [0.3, 0.4) is 0 Å². The Labute approximate surface area is 217 Å². The quantitative estimate of drug-likeness (QED) is 0.460. The number of sulfonamides is 1. The standard InChI is InChI=1S/C24H19Cl2N3O6S/c1-28(2)36(33,34)15-6-9-21(35-3)20(12-15)27-22(30)13-4-7-16-17(10-13)24(32)29(23(16)31)14-5-8-18(25)19(26)11-14/h4-12H,1-3H3,(H,27,30). The van der Waals surface area contributed by atoms with Crippen LogP contribution < -0.4 is 15.0 Å². The SMILES string of the molecule is COc1ccc(S(=O)(=O)N(C)C)cc1NC(=O)c1ccc2c(c1)C(=O)N(c1ccc(Cl)c(Cl)c1)C2=O. The zero-order chi connectivity index (χ0) is 26.4. The molecule has 0 atom stereocenters. The van der Waals surface area contributed by atoms with Crippen LogP contribution >= 0.6 is 23.2 Å². The summed E-state index contributed by atoms with van der Waals surface area (Å²) in [5.74, 6) is -1.59. The Bertz CT molecular complexity index is 1540. The molecule has 0 saturated carbocycles. The molecule has 0 saturated heterocycles. The van der Waals surface area contributed by atoms with Crippen molar-refractivity contribution in [3.05, 3.63) is 81.3 Å². The number of hydrogen-bond acceptors (Lipinski definition) is 6. The third-order valence-electron chi connectivity index (χ3n) is 5.51. The largest absolute Gasteiger partial charge is 0.495 e. The maximum atomic E-state index is 13.1. The number of imide groups is 1. The van der Waals surface area contributed by atoms with Gasteiger partial charge in [0.05, 0.1) is 44.6 Å². The van der Waals surface area contributed by atoms with Crippen LogP contribution in [0.2, 0.25) is 10.0 Å². The lowest BCUT2D eigenvalue weighted by molar-refractivity contribution is 0.0925. The molecular weight excluding hydrogens is 529 g/mol. The fraction of sp³-hybridized carbons (Fsp3) is 0.125. The van der Waals surface area contributed by atoms with Crippen molar-refractivity contribution >= 4 is 62.3 Å². The Balaban J connectivity index is 1.65. The molecule has 0 unspecified atom stereocenters. The average molecular weight is 548 g/mol. The maximum absolute atomic E-state index is 13.1. The summed E-state index contributed by atoms with van der Waals surface area (Å²) < 4.78 is 31.3. The number of amides is 3. The van der Waals surface area contributed by atoms with Gasteiger partial charge in [-0.15, -0.1) is 0 Å². The Kier molecular flexibility index (Phi) is 6.80. The molecule has 3 aromatic carbocycles. The first-order valence-corrected chi connectivity index (χ1v) is 12.5. The third kappa shape index (κ3) is 4.44. The van der Waals surface area contributed by atoms with Crippen LogP contribution in [0.25, 0.3) is 0 Å². The number of ether oxygens (including phenoxy) is 1. The predicted molar refractivity (Wildman–Crippen MR) is 136 cm³/mol. The first kappa shape index (κ1) is 25.6. The molecule has 0 fully saturated rings. The number of hydrogen-bond donors (Lipinski definition) is 1. The van der Waals surface area contributed by atoms with E-state index >= 15 is 0 Å². The van der Waals surface area contributed by atoms with E-state index in [-0.39, 0.29) is 48.8 Å². The number of benzene rings is 3. The monoisotopic (exact) mass is 547 g/mol. The van der Waals surface area contributed by atoms with E-state index in [1.165, 1.54) is 75.8 Å². The van der Waals surface area contributed by atoms with Gasteiger partial charge in [0.25, 0.3) is 17.7 Å². The summed E-state index contributed by atoms with van der Waals surface area (Å²) in [5.41, 5.74) is 0.596. The molecule has 4 rings (SSSR count). The van der Waals surface area contributed by atoms with Crippen LogP contribution in [0.4, 0.5) is 11.4 Å². The number of rotatable bonds is 6. The number of nitrogens with one attached hydrogen (secondary N) is 1. The minimum Gasteiger partial charge on any atom is -0.495 e. The van der Waals surface area contributed by atoms with E-state index in [9.17, 15) is 22.8 Å². The molecule has 12 heteroatoms. The highest BCUT2D eigenvalue weighted by atomic mass is 35.5. The number of halogens is 2. The van der Waals surface area contributed by atoms with E-state index in [0.717, 1.165) is 9.21 Å². The first-order chi connectivity index (χ1) is 16.9. The van der Waals surface area contributed by atoms with Crippen LogP contribution in [0.1, 0.15) is 31.1 Å². The molecule has 0 bridgehead atoms. The molecule has 3 amide bonds. The summed E-state index contributed by atoms with van der Waals surface area (Å²) >= 11 is 12.0. The smallest absolute Gasteiger partial charge is 0.266 e. The minimum atomic E-state index is -3.76. The van der Waals surface area contributed by atoms with Gasteiger partial charge in [-0.05, 0) is 54.6 Å². The first-order valence-electron chi connectivity index (χ1n) is 10.4. The molecule has 0 radical (unpaired) electrons. The number of fused-ring (bicyclic) bond motifs is 1. The molecule has 0 spiro atoms. The summed E-state index contributed by atoms with van der Waals surface area (Å²) in [5, 5.41) is 3.07. The number of nitrogens with zero attached hydrogens (tertiary/aromatic N) is 2. The highest BCUT2D eigenvalue weighted by Gasteiger charge is 2.37. The lowest BCUT2D eigenvalue weighted by atomic mass is 10.1. The van der Waals surface area contributed by atoms with Gasteiger partial charge >= 0.3 is 0 Å². The van der Waals surface area contributed by atoms with E-state index < -0.39 is 27.7 Å². The number of carbonyl (C=O) groups excluding carboxylic acids is 3. The summed E-state index contributed by atoms with van der Waals surface area (Å²) in [6.45, 7) is 0. The molecule has 1 heterocycles. The van der Waals surface area contributed by atoms with Crippen LogP contribution in [-0.4, -0.2) is 51.6 Å². The highest BCUT2D eigenvalue weighted by molar-refractivity contribution is 7.89. The van der Waals surface area contributed by atoms with E-state index in [1.54, 1.807) is 0 Å². The minimum absolute atomic E-state index is 0.0367. The topological polar surface area (TPSA) is 113 Å². The predicted octanol–water partition coefficient (Wildman–Crippen LogP) is 4.31. The van der Waals surface area contributed by atoms with Crippen molar-refractivity contribution in [3.8, 4) is 5.75 Å². The van der Waals surface area contributed by atoms with Crippen molar-refractivity contribution in [3.63, 3.8) is 0 Å². The average Bonchev–Trinajstić information content (AvgIpc) is 3.10. The van der Waals surface area contributed by atoms with Gasteiger partial charge in [-0.25, -0.2) is 17.6 Å². The van der Waals surface area contributed by atoms with E-state index in [0.29, 0.717) is 0 Å². The Morgan fingerprint density at radius 2 is 1.61 bits per heavy atom. The summed E-state index contributed by atoms with van der Waals surface area (Å²) in [7, 11) is 0.396. The summed E-state index contributed by atoms with van der Waals surface area (Å²) in [4.78, 5) is 39.9. The molecule has 9 nitrogen and oxygen atoms in total. The van der Waals surface area contributed by atoms with Gasteiger partial charge in [-0.2, -0.15) is 0 Å². The molecule has 0 aliphatic carbocycles. The van der Waals surface area contributed by atoms with Crippen molar-refractivity contribution < 1.29 is 27.5 Å². The van der Waals surface area contributed by atoms with E-state index in [1.807, 2.05) is 0 Å². The Hall–Kier alpha value is -3.44. The molecule has 1 aliphatic heterocycles. The number of anilines is 2. The van der Waals surface area contributed by atoms with Crippen molar-refractivity contribution in [2.45, 2.75) is 4.90 Å². The van der Waals surface area contributed by atoms with Gasteiger partial charge in [-0.1, -0.05) is 23.2 Å². The van der Waals surface area contributed by atoms with Crippen LogP contribution in [0, 0.1) is 0 Å². The fourth-order valence-corrected chi connectivity index (χ4v) is 4.81. The summed E-state index contributed by atoms with van der Waals surface area (Å²) in [6, 6.07) is 12.5. The maximum Gasteiger partial charge on any atom is 0.266 e. The van der Waals surface area contributed by atoms with E-state index in [2.05, 4.69) is 5.32 Å². The second-order valence-electron chi connectivity index (χ2n) is 7.91. The lowest BCUT2D eigenvalue weighted by Crippen LogP contribution is -2.29. The van der Waals surface area contributed by atoms with Gasteiger partial charge in [-0.3, -0.25) is 14.4 Å². The van der Waals surface area contributed by atoms with Crippen LogP contribution in [0.15, 0.2) is 59.5 Å². The molecule has 1 N–H and O–H groups in total. The Morgan fingerprint density at radius 3 is 2.25 bits per heavy atom. The Morgan fingerprint density at radius 1 is 0.917 bits per heavy atom. The van der Waals surface area contributed by atoms with Gasteiger partial charge in [0.2, 0.25) is 10.0 Å². The third-order valence-corrected chi connectivity index (χ3v) is 8.06. The zero-order valence-electron chi connectivity index (χ0n) is 19.2. The fourth-order valence-electron chi connectivity index (χ4n) is 3.59. The highest BCUT2D eigenvalue weighted by Crippen LogP contribution is 2.34. The van der Waals surface area contributed by atoms with Gasteiger partial charge in [0, 0.05) is 19.7 Å². The molecule has 1 aliphatic rings. The number of carbonyl (C=O) groups is 3. The van der Waals surface area contributed by atoms with Crippen molar-refractivity contribution in [2.75, 3.05) is 31.4 Å². The van der Waals surface area contributed by atoms with Gasteiger partial charge < -0.3 is 10.1 Å². The van der Waals surface area contributed by atoms with E-state index in [4.69, 9.17) is 27.9 Å². The molecule has 0 aromatic heterocycles. The summed E-state index contributed by atoms with van der Waals surface area (Å²) in [6.07, 6.45) is 0. The van der Waals surface area contributed by atoms with Gasteiger partial charge in [0.15, 0.2) is 0 Å². The van der Waals surface area contributed by atoms with Gasteiger partial charge in [0.1, 0.15) is 5.75 Å². The zero-order valence-corrected chi connectivity index (χ0v) is 21.5. The second kappa shape index (κ2) is 9.55. The molecular formula is C24H19Cl2N3O6S. The number of methoxy groups -OCH3 is 1.